The Hall–Kier alpha value is -2.04. The number of hydrogen-bond acceptors (Lipinski definition) is 2. The van der Waals surface area contributed by atoms with E-state index in [1.807, 2.05) is 18.2 Å². The number of nitrogens with zero attached hydrogens (tertiary/aromatic N) is 2. The summed E-state index contributed by atoms with van der Waals surface area (Å²) in [5.74, 6) is 0. The molecule has 3 amide bonds. The Kier molecular flexibility index (Phi) is 2.99. The maximum atomic E-state index is 11.5. The summed E-state index contributed by atoms with van der Waals surface area (Å²) in [6, 6.07) is 5.46. The molecule has 0 saturated heterocycles. The standard InChI is InChI=1S/C12H15N3O2/c1-14(2)12(17)13-10-4-3-9-5-6-15(8-16)11(9)7-10/h3-4,7-8H,5-6H2,1-2H3,(H,13,17). The molecule has 90 valence electrons. The molecule has 1 N–H and O–H groups in total. The van der Waals surface area contributed by atoms with Gasteiger partial charge in [0.1, 0.15) is 0 Å². The van der Waals surface area contributed by atoms with Gasteiger partial charge < -0.3 is 15.1 Å². The van der Waals surface area contributed by atoms with Crippen LogP contribution in [0.3, 0.4) is 0 Å². The Morgan fingerprint density at radius 1 is 1.47 bits per heavy atom. The lowest BCUT2D eigenvalue weighted by Crippen LogP contribution is -2.27. The first-order valence-corrected chi connectivity index (χ1v) is 5.45. The van der Waals surface area contributed by atoms with Crippen LogP contribution in [0.25, 0.3) is 0 Å². The van der Waals surface area contributed by atoms with Gasteiger partial charge in [0.05, 0.1) is 0 Å². The summed E-state index contributed by atoms with van der Waals surface area (Å²) in [5, 5.41) is 2.76. The van der Waals surface area contributed by atoms with Gasteiger partial charge in [-0.05, 0) is 24.1 Å². The molecule has 0 saturated carbocycles. The molecule has 1 heterocycles. The summed E-state index contributed by atoms with van der Waals surface area (Å²) in [7, 11) is 3.36. The molecule has 1 aromatic rings. The van der Waals surface area contributed by atoms with Gasteiger partial charge in [-0.3, -0.25) is 4.79 Å². The molecule has 1 aromatic carbocycles. The second-order valence-electron chi connectivity index (χ2n) is 4.22. The van der Waals surface area contributed by atoms with E-state index in [-0.39, 0.29) is 6.03 Å². The lowest BCUT2D eigenvalue weighted by Gasteiger charge is -2.14. The summed E-state index contributed by atoms with van der Waals surface area (Å²) in [6.07, 6.45) is 1.69. The molecule has 2 rings (SSSR count). The molecule has 5 nitrogen and oxygen atoms in total. The molecular formula is C12H15N3O2. The third-order valence-electron chi connectivity index (χ3n) is 2.80. The maximum absolute atomic E-state index is 11.5. The molecule has 5 heteroatoms. The van der Waals surface area contributed by atoms with Gasteiger partial charge in [-0.15, -0.1) is 0 Å². The van der Waals surface area contributed by atoms with Crippen LogP contribution >= 0.6 is 0 Å². The smallest absolute Gasteiger partial charge is 0.321 e. The lowest BCUT2D eigenvalue weighted by atomic mass is 10.1. The van der Waals surface area contributed by atoms with Crippen LogP contribution in [0.1, 0.15) is 5.56 Å². The second kappa shape index (κ2) is 4.45. The number of rotatable bonds is 2. The minimum absolute atomic E-state index is 0.180. The van der Waals surface area contributed by atoms with Crippen LogP contribution in [0.4, 0.5) is 16.2 Å². The van der Waals surface area contributed by atoms with Gasteiger partial charge in [-0.2, -0.15) is 0 Å². The van der Waals surface area contributed by atoms with Gasteiger partial charge in [0, 0.05) is 32.0 Å². The molecule has 1 aliphatic heterocycles. The van der Waals surface area contributed by atoms with Crippen LogP contribution < -0.4 is 10.2 Å². The van der Waals surface area contributed by atoms with Crippen molar-refractivity contribution in [3.63, 3.8) is 0 Å². The number of amides is 3. The van der Waals surface area contributed by atoms with Crippen molar-refractivity contribution in [2.45, 2.75) is 6.42 Å². The zero-order valence-corrected chi connectivity index (χ0v) is 9.93. The molecule has 0 aromatic heterocycles. The summed E-state index contributed by atoms with van der Waals surface area (Å²) in [4.78, 5) is 25.5. The first kappa shape index (κ1) is 11.4. The van der Waals surface area contributed by atoms with Crippen molar-refractivity contribution >= 4 is 23.8 Å². The number of nitrogens with one attached hydrogen (secondary N) is 1. The normalized spacial score (nSPS) is 13.2. The fourth-order valence-corrected chi connectivity index (χ4v) is 1.83. The van der Waals surface area contributed by atoms with E-state index < -0.39 is 0 Å². The van der Waals surface area contributed by atoms with Gasteiger partial charge >= 0.3 is 6.03 Å². The maximum Gasteiger partial charge on any atom is 0.321 e. The van der Waals surface area contributed by atoms with Crippen LogP contribution in [0.15, 0.2) is 18.2 Å². The molecule has 0 spiro atoms. The van der Waals surface area contributed by atoms with Gasteiger partial charge in [-0.25, -0.2) is 4.79 Å². The Morgan fingerprint density at radius 2 is 2.24 bits per heavy atom. The predicted molar refractivity (Wildman–Crippen MR) is 66.3 cm³/mol. The van der Waals surface area contributed by atoms with Crippen LogP contribution in [0.5, 0.6) is 0 Å². The van der Waals surface area contributed by atoms with E-state index >= 15 is 0 Å². The Bertz CT molecular complexity index is 457. The van der Waals surface area contributed by atoms with Gasteiger partial charge in [0.2, 0.25) is 6.41 Å². The average molecular weight is 233 g/mol. The first-order chi connectivity index (χ1) is 8.11. The van der Waals surface area contributed by atoms with Crippen LogP contribution in [-0.2, 0) is 11.2 Å². The highest BCUT2D eigenvalue weighted by Gasteiger charge is 2.18. The monoisotopic (exact) mass is 233 g/mol. The van der Waals surface area contributed by atoms with Crippen LogP contribution in [-0.4, -0.2) is 38.0 Å². The topological polar surface area (TPSA) is 52.7 Å². The van der Waals surface area contributed by atoms with Gasteiger partial charge in [0.15, 0.2) is 0 Å². The molecular weight excluding hydrogens is 218 g/mol. The van der Waals surface area contributed by atoms with Gasteiger partial charge in [0.25, 0.3) is 0 Å². The highest BCUT2D eigenvalue weighted by Crippen LogP contribution is 2.29. The Balaban J connectivity index is 2.22. The molecule has 0 radical (unpaired) electrons. The number of fused-ring (bicyclic) bond motifs is 1. The Morgan fingerprint density at radius 3 is 2.88 bits per heavy atom. The summed E-state index contributed by atoms with van der Waals surface area (Å²) < 4.78 is 0. The van der Waals surface area contributed by atoms with Crippen molar-refractivity contribution in [2.75, 3.05) is 30.9 Å². The highest BCUT2D eigenvalue weighted by molar-refractivity contribution is 5.91. The van der Waals surface area contributed by atoms with E-state index in [2.05, 4.69) is 5.32 Å². The number of benzene rings is 1. The molecule has 0 fully saturated rings. The number of carbonyl (C=O) groups is 2. The van der Waals surface area contributed by atoms with E-state index in [1.54, 1.807) is 19.0 Å². The van der Waals surface area contributed by atoms with Crippen molar-refractivity contribution in [1.29, 1.82) is 0 Å². The van der Waals surface area contributed by atoms with Crippen molar-refractivity contribution in [3.05, 3.63) is 23.8 Å². The summed E-state index contributed by atoms with van der Waals surface area (Å²) in [5.41, 5.74) is 2.73. The lowest BCUT2D eigenvalue weighted by molar-refractivity contribution is -0.107. The Labute approximate surface area is 100 Å². The highest BCUT2D eigenvalue weighted by atomic mass is 16.2. The number of hydrogen-bond donors (Lipinski definition) is 1. The van der Waals surface area contributed by atoms with Crippen molar-refractivity contribution in [2.24, 2.45) is 0 Å². The quantitative estimate of drug-likeness (QED) is 0.783. The third kappa shape index (κ3) is 2.22. The second-order valence-corrected chi connectivity index (χ2v) is 4.22. The molecule has 17 heavy (non-hydrogen) atoms. The SMILES string of the molecule is CN(C)C(=O)Nc1ccc2c(c1)N(C=O)CC2. The van der Waals surface area contributed by atoms with Crippen molar-refractivity contribution in [3.8, 4) is 0 Å². The minimum Gasteiger partial charge on any atom is -0.331 e. The number of urea groups is 1. The first-order valence-electron chi connectivity index (χ1n) is 5.45. The van der Waals surface area contributed by atoms with E-state index in [1.165, 1.54) is 4.90 Å². The fourth-order valence-electron chi connectivity index (χ4n) is 1.83. The zero-order chi connectivity index (χ0) is 12.4. The van der Waals surface area contributed by atoms with E-state index in [4.69, 9.17) is 0 Å². The van der Waals surface area contributed by atoms with Crippen LogP contribution in [0, 0.1) is 0 Å². The molecule has 0 atom stereocenters. The molecule has 0 bridgehead atoms. The van der Waals surface area contributed by atoms with Crippen molar-refractivity contribution in [1.82, 2.24) is 4.90 Å². The van der Waals surface area contributed by atoms with E-state index in [0.717, 1.165) is 24.1 Å². The largest absolute Gasteiger partial charge is 0.331 e. The zero-order valence-electron chi connectivity index (χ0n) is 9.93. The van der Waals surface area contributed by atoms with E-state index in [0.29, 0.717) is 12.2 Å². The predicted octanol–water partition coefficient (Wildman–Crippen LogP) is 1.30. The minimum atomic E-state index is -0.180. The summed E-state index contributed by atoms with van der Waals surface area (Å²) >= 11 is 0. The fraction of sp³-hybridized carbons (Fsp3) is 0.333. The van der Waals surface area contributed by atoms with Gasteiger partial charge in [-0.1, -0.05) is 6.07 Å². The van der Waals surface area contributed by atoms with Crippen LogP contribution in [0.2, 0.25) is 0 Å². The van der Waals surface area contributed by atoms with E-state index in [9.17, 15) is 9.59 Å². The molecule has 0 aliphatic carbocycles. The van der Waals surface area contributed by atoms with Crippen molar-refractivity contribution < 1.29 is 9.59 Å². The summed E-state index contributed by atoms with van der Waals surface area (Å²) in [6.45, 7) is 0.712. The molecule has 0 unspecified atom stereocenters. The third-order valence-corrected chi connectivity index (χ3v) is 2.80. The molecule has 1 aliphatic rings. The number of carbonyl (C=O) groups excluding carboxylic acids is 2. The average Bonchev–Trinajstić information content (AvgIpc) is 2.71. The number of anilines is 2.